The highest BCUT2D eigenvalue weighted by molar-refractivity contribution is 5.80. The number of rotatable bonds is 3. The van der Waals surface area contributed by atoms with Crippen molar-refractivity contribution in [3.8, 4) is 5.75 Å². The zero-order chi connectivity index (χ0) is 11.9. The Morgan fingerprint density at radius 3 is 2.76 bits per heavy atom. The summed E-state index contributed by atoms with van der Waals surface area (Å²) >= 11 is 0. The molecule has 0 saturated heterocycles. The molecule has 0 atom stereocenters. The monoisotopic (exact) mass is 228 g/mol. The van der Waals surface area contributed by atoms with Gasteiger partial charge in [0.1, 0.15) is 5.75 Å². The van der Waals surface area contributed by atoms with Crippen molar-refractivity contribution in [1.29, 1.82) is 0 Å². The van der Waals surface area contributed by atoms with Crippen molar-refractivity contribution in [1.82, 2.24) is 4.98 Å². The van der Waals surface area contributed by atoms with E-state index in [2.05, 4.69) is 4.98 Å². The SMILES string of the molecule is NC1(CCc2ccc3ccc(O)cc3n2)CC1. The van der Waals surface area contributed by atoms with E-state index in [0.717, 1.165) is 42.3 Å². The lowest BCUT2D eigenvalue weighted by Gasteiger charge is -2.08. The average molecular weight is 228 g/mol. The predicted molar refractivity (Wildman–Crippen MR) is 67.9 cm³/mol. The summed E-state index contributed by atoms with van der Waals surface area (Å²) in [5, 5.41) is 10.5. The molecule has 3 N–H and O–H groups in total. The van der Waals surface area contributed by atoms with Gasteiger partial charge in [-0.2, -0.15) is 0 Å². The van der Waals surface area contributed by atoms with Crippen LogP contribution in [0.3, 0.4) is 0 Å². The molecule has 3 nitrogen and oxygen atoms in total. The zero-order valence-corrected chi connectivity index (χ0v) is 9.69. The molecule has 0 amide bonds. The van der Waals surface area contributed by atoms with Gasteiger partial charge in [0.25, 0.3) is 0 Å². The van der Waals surface area contributed by atoms with Crippen LogP contribution in [0.1, 0.15) is 25.0 Å². The second kappa shape index (κ2) is 3.70. The van der Waals surface area contributed by atoms with Gasteiger partial charge in [-0.05, 0) is 43.9 Å². The van der Waals surface area contributed by atoms with E-state index in [0.29, 0.717) is 0 Å². The molecule has 2 aromatic rings. The molecule has 1 aliphatic carbocycles. The summed E-state index contributed by atoms with van der Waals surface area (Å²) in [4.78, 5) is 4.55. The highest BCUT2D eigenvalue weighted by Gasteiger charge is 2.37. The third-order valence-corrected chi connectivity index (χ3v) is 3.50. The standard InChI is InChI=1S/C14H16N2O/c15-14(7-8-14)6-5-11-3-1-10-2-4-12(17)9-13(10)16-11/h1-4,9,17H,5-8,15H2. The number of hydrogen-bond donors (Lipinski definition) is 2. The summed E-state index contributed by atoms with van der Waals surface area (Å²) < 4.78 is 0. The van der Waals surface area contributed by atoms with E-state index in [1.165, 1.54) is 0 Å². The Morgan fingerprint density at radius 1 is 1.24 bits per heavy atom. The number of pyridine rings is 1. The fourth-order valence-electron chi connectivity index (χ4n) is 2.07. The maximum Gasteiger partial charge on any atom is 0.117 e. The van der Waals surface area contributed by atoms with Crippen molar-refractivity contribution in [3.05, 3.63) is 36.0 Å². The van der Waals surface area contributed by atoms with Gasteiger partial charge in [0.05, 0.1) is 5.52 Å². The summed E-state index contributed by atoms with van der Waals surface area (Å²) in [6.45, 7) is 0. The molecule has 1 saturated carbocycles. The first-order valence-corrected chi connectivity index (χ1v) is 6.02. The first-order valence-electron chi connectivity index (χ1n) is 6.02. The van der Waals surface area contributed by atoms with Gasteiger partial charge in [-0.3, -0.25) is 4.98 Å². The Bertz CT molecular complexity index is 561. The Hall–Kier alpha value is -1.61. The number of benzene rings is 1. The second-order valence-electron chi connectivity index (χ2n) is 5.04. The van der Waals surface area contributed by atoms with Crippen LogP contribution >= 0.6 is 0 Å². The number of aromatic nitrogens is 1. The van der Waals surface area contributed by atoms with Crippen molar-refractivity contribution < 1.29 is 5.11 Å². The maximum absolute atomic E-state index is 9.43. The smallest absolute Gasteiger partial charge is 0.117 e. The van der Waals surface area contributed by atoms with E-state index in [9.17, 15) is 5.11 Å². The van der Waals surface area contributed by atoms with Gasteiger partial charge in [0, 0.05) is 22.7 Å². The van der Waals surface area contributed by atoms with Crippen LogP contribution in [0.2, 0.25) is 0 Å². The topological polar surface area (TPSA) is 59.1 Å². The number of phenolic OH excluding ortho intramolecular Hbond substituents is 1. The minimum atomic E-state index is 0.0788. The summed E-state index contributed by atoms with van der Waals surface area (Å²) in [5.41, 5.74) is 8.05. The highest BCUT2D eigenvalue weighted by atomic mass is 16.3. The lowest BCUT2D eigenvalue weighted by Crippen LogP contribution is -2.22. The van der Waals surface area contributed by atoms with Crippen LogP contribution < -0.4 is 5.73 Å². The number of nitrogens with zero attached hydrogens (tertiary/aromatic N) is 1. The van der Waals surface area contributed by atoms with Crippen molar-refractivity contribution in [3.63, 3.8) is 0 Å². The van der Waals surface area contributed by atoms with E-state index >= 15 is 0 Å². The van der Waals surface area contributed by atoms with Gasteiger partial charge in [-0.1, -0.05) is 6.07 Å². The van der Waals surface area contributed by atoms with Crippen molar-refractivity contribution in [2.45, 2.75) is 31.2 Å². The van der Waals surface area contributed by atoms with Crippen LogP contribution in [-0.2, 0) is 6.42 Å². The minimum Gasteiger partial charge on any atom is -0.508 e. The van der Waals surface area contributed by atoms with Crippen LogP contribution in [0.25, 0.3) is 10.9 Å². The first-order chi connectivity index (χ1) is 8.15. The van der Waals surface area contributed by atoms with Gasteiger partial charge in [0.2, 0.25) is 0 Å². The quantitative estimate of drug-likeness (QED) is 0.847. The molecular formula is C14H16N2O. The molecule has 0 bridgehead atoms. The molecule has 17 heavy (non-hydrogen) atoms. The van der Waals surface area contributed by atoms with Crippen LogP contribution in [0.4, 0.5) is 0 Å². The molecular weight excluding hydrogens is 212 g/mol. The molecule has 1 aromatic heterocycles. The Morgan fingerprint density at radius 2 is 2.00 bits per heavy atom. The Kier molecular flexibility index (Phi) is 2.30. The van der Waals surface area contributed by atoms with E-state index in [1.807, 2.05) is 18.2 Å². The Labute approximate surface area is 100 Å². The van der Waals surface area contributed by atoms with Gasteiger partial charge >= 0.3 is 0 Å². The normalized spacial score (nSPS) is 17.2. The molecule has 1 aromatic carbocycles. The van der Waals surface area contributed by atoms with Gasteiger partial charge < -0.3 is 10.8 Å². The summed E-state index contributed by atoms with van der Waals surface area (Å²) in [6, 6.07) is 9.36. The fraction of sp³-hybridized carbons (Fsp3) is 0.357. The molecule has 0 spiro atoms. The number of phenols is 1. The molecule has 3 heteroatoms. The predicted octanol–water partition coefficient (Wildman–Crippen LogP) is 2.36. The molecule has 0 unspecified atom stereocenters. The minimum absolute atomic E-state index is 0.0788. The molecule has 1 heterocycles. The van der Waals surface area contributed by atoms with Gasteiger partial charge in [0.15, 0.2) is 0 Å². The average Bonchev–Trinajstić information content (AvgIpc) is 3.05. The summed E-state index contributed by atoms with van der Waals surface area (Å²) in [7, 11) is 0. The molecule has 0 aliphatic heterocycles. The lowest BCUT2D eigenvalue weighted by molar-refractivity contribution is 0.476. The zero-order valence-electron chi connectivity index (χ0n) is 9.69. The van der Waals surface area contributed by atoms with E-state index in [4.69, 9.17) is 5.73 Å². The fourth-order valence-corrected chi connectivity index (χ4v) is 2.07. The van der Waals surface area contributed by atoms with Crippen molar-refractivity contribution in [2.75, 3.05) is 0 Å². The van der Waals surface area contributed by atoms with E-state index < -0.39 is 0 Å². The molecule has 88 valence electrons. The Balaban J connectivity index is 1.85. The van der Waals surface area contributed by atoms with Crippen molar-refractivity contribution in [2.24, 2.45) is 5.73 Å². The molecule has 1 aliphatic rings. The lowest BCUT2D eigenvalue weighted by atomic mass is 10.1. The maximum atomic E-state index is 9.43. The summed E-state index contributed by atoms with van der Waals surface area (Å²) in [5.74, 6) is 0.264. The van der Waals surface area contributed by atoms with Gasteiger partial charge in [-0.25, -0.2) is 0 Å². The first kappa shape index (κ1) is 10.5. The van der Waals surface area contributed by atoms with Crippen LogP contribution in [0.15, 0.2) is 30.3 Å². The van der Waals surface area contributed by atoms with Gasteiger partial charge in [-0.15, -0.1) is 0 Å². The van der Waals surface area contributed by atoms with E-state index in [-0.39, 0.29) is 11.3 Å². The number of nitrogens with two attached hydrogens (primary N) is 1. The molecule has 1 fully saturated rings. The third kappa shape index (κ3) is 2.24. The number of fused-ring (bicyclic) bond motifs is 1. The molecule has 3 rings (SSSR count). The van der Waals surface area contributed by atoms with Crippen LogP contribution in [0, 0.1) is 0 Å². The van der Waals surface area contributed by atoms with Crippen LogP contribution in [0.5, 0.6) is 5.75 Å². The third-order valence-electron chi connectivity index (χ3n) is 3.50. The van der Waals surface area contributed by atoms with Crippen molar-refractivity contribution >= 4 is 10.9 Å². The van der Waals surface area contributed by atoms with Crippen LogP contribution in [-0.4, -0.2) is 15.6 Å². The second-order valence-corrected chi connectivity index (χ2v) is 5.04. The largest absolute Gasteiger partial charge is 0.508 e. The molecule has 0 radical (unpaired) electrons. The number of aryl methyl sites for hydroxylation is 1. The number of aromatic hydroxyl groups is 1. The number of hydrogen-bond acceptors (Lipinski definition) is 3. The highest BCUT2D eigenvalue weighted by Crippen LogP contribution is 2.36. The van der Waals surface area contributed by atoms with E-state index in [1.54, 1.807) is 12.1 Å². The summed E-state index contributed by atoms with van der Waals surface area (Å²) in [6.07, 6.45) is 4.20.